The smallest absolute Gasteiger partial charge is 0.417 e. The summed E-state index contributed by atoms with van der Waals surface area (Å²) in [5.41, 5.74) is 0.527. The third-order valence-electron chi connectivity index (χ3n) is 6.47. The van der Waals surface area contributed by atoms with Gasteiger partial charge in [-0.1, -0.05) is 61.7 Å². The van der Waals surface area contributed by atoms with Gasteiger partial charge in [0.25, 0.3) is 0 Å². The molecule has 1 N–H and O–H groups in total. The first-order chi connectivity index (χ1) is 15.0. The normalized spacial score (nSPS) is 21.4. The highest BCUT2D eigenvalue weighted by Gasteiger charge is 2.49. The molecule has 1 saturated carbocycles. The van der Waals surface area contributed by atoms with Crippen LogP contribution < -0.4 is 4.74 Å². The molecule has 2 aromatic carbocycles. The van der Waals surface area contributed by atoms with Crippen molar-refractivity contribution < 1.29 is 24.2 Å². The lowest BCUT2D eigenvalue weighted by Gasteiger charge is -2.40. The van der Waals surface area contributed by atoms with Gasteiger partial charge in [-0.2, -0.15) is 0 Å². The highest BCUT2D eigenvalue weighted by Crippen LogP contribution is 2.42. The van der Waals surface area contributed by atoms with Crippen molar-refractivity contribution in [3.8, 4) is 5.75 Å². The predicted octanol–water partition coefficient (Wildman–Crippen LogP) is 4.06. The number of cyclic esters (lactones) is 1. The molecule has 164 valence electrons. The van der Waals surface area contributed by atoms with Crippen LogP contribution >= 0.6 is 0 Å². The Kier molecular flexibility index (Phi) is 6.28. The molecule has 6 nitrogen and oxygen atoms in total. The number of carbonyl (C=O) groups excluding carboxylic acids is 2. The van der Waals surface area contributed by atoms with Crippen LogP contribution in [0.1, 0.15) is 49.1 Å². The second-order valence-corrected chi connectivity index (χ2v) is 8.50. The number of methoxy groups -OCH3 is 1. The van der Waals surface area contributed by atoms with Gasteiger partial charge in [0.2, 0.25) is 5.91 Å². The molecule has 2 aliphatic rings. The molecule has 6 heteroatoms. The van der Waals surface area contributed by atoms with E-state index < -0.39 is 29.6 Å². The summed E-state index contributed by atoms with van der Waals surface area (Å²) in [6.07, 6.45) is 3.69. The van der Waals surface area contributed by atoms with Gasteiger partial charge in [0.15, 0.2) is 0 Å². The molecule has 1 saturated heterocycles. The number of nitrogens with zero attached hydrogens (tertiary/aromatic N) is 1. The Morgan fingerprint density at radius 2 is 1.81 bits per heavy atom. The van der Waals surface area contributed by atoms with Gasteiger partial charge in [-0.15, -0.1) is 0 Å². The van der Waals surface area contributed by atoms with E-state index in [0.29, 0.717) is 30.6 Å². The van der Waals surface area contributed by atoms with E-state index in [1.54, 1.807) is 19.2 Å². The van der Waals surface area contributed by atoms with Crippen LogP contribution in [-0.4, -0.2) is 47.4 Å². The molecule has 4 rings (SSSR count). The maximum absolute atomic E-state index is 13.8. The summed E-state index contributed by atoms with van der Waals surface area (Å²) in [7, 11) is 1.58. The second kappa shape index (κ2) is 9.10. The van der Waals surface area contributed by atoms with E-state index in [9.17, 15) is 14.7 Å². The van der Waals surface area contributed by atoms with Crippen LogP contribution in [0.15, 0.2) is 54.6 Å². The zero-order valence-electron chi connectivity index (χ0n) is 17.8. The predicted molar refractivity (Wildman–Crippen MR) is 116 cm³/mol. The van der Waals surface area contributed by atoms with E-state index in [0.717, 1.165) is 24.8 Å². The molecule has 0 spiro atoms. The van der Waals surface area contributed by atoms with Gasteiger partial charge in [0.1, 0.15) is 12.4 Å². The third-order valence-corrected chi connectivity index (χ3v) is 6.47. The summed E-state index contributed by atoms with van der Waals surface area (Å²) in [5, 5.41) is 11.6. The van der Waals surface area contributed by atoms with Gasteiger partial charge < -0.3 is 14.6 Å². The maximum atomic E-state index is 13.8. The Morgan fingerprint density at radius 1 is 1.13 bits per heavy atom. The Labute approximate surface area is 182 Å². The van der Waals surface area contributed by atoms with Gasteiger partial charge in [-0.25, -0.2) is 9.69 Å². The summed E-state index contributed by atoms with van der Waals surface area (Å²) in [6.45, 7) is 0.160. The van der Waals surface area contributed by atoms with Crippen molar-refractivity contribution in [3.05, 3.63) is 65.7 Å². The standard InChI is InChI=1S/C25H29NO5/c1-30-21-12-10-19(11-13-21)22(25(29)14-6-3-7-15-25)23(27)26-20(17-31-24(26)28)16-18-8-4-2-5-9-18/h2,4-5,8-13,20,22,29H,3,6-7,14-17H2,1H3. The molecule has 1 aliphatic carbocycles. The van der Waals surface area contributed by atoms with Crippen molar-refractivity contribution in [2.45, 2.75) is 56.1 Å². The lowest BCUT2D eigenvalue weighted by atomic mass is 9.72. The Balaban J connectivity index is 1.67. The highest BCUT2D eigenvalue weighted by molar-refractivity contribution is 5.98. The van der Waals surface area contributed by atoms with Crippen LogP contribution in [0, 0.1) is 0 Å². The molecule has 0 aromatic heterocycles. The SMILES string of the molecule is COc1ccc(C(C(=O)N2C(=O)OCC2Cc2ccccc2)C2(O)CCCCC2)cc1. The molecule has 0 bridgehead atoms. The second-order valence-electron chi connectivity index (χ2n) is 8.50. The number of ether oxygens (including phenoxy) is 2. The lowest BCUT2D eigenvalue weighted by molar-refractivity contribution is -0.139. The Hall–Kier alpha value is -2.86. The van der Waals surface area contributed by atoms with Crippen LogP contribution in [0.25, 0.3) is 0 Å². The quantitative estimate of drug-likeness (QED) is 0.758. The molecule has 31 heavy (non-hydrogen) atoms. The van der Waals surface area contributed by atoms with E-state index in [1.165, 1.54) is 4.90 Å². The molecule has 1 heterocycles. The highest BCUT2D eigenvalue weighted by atomic mass is 16.6. The molecule has 0 radical (unpaired) electrons. The molecule has 2 amide bonds. The third kappa shape index (κ3) is 4.44. The summed E-state index contributed by atoms with van der Waals surface area (Å²) in [6, 6.07) is 16.5. The van der Waals surface area contributed by atoms with Crippen molar-refractivity contribution >= 4 is 12.0 Å². The summed E-state index contributed by atoms with van der Waals surface area (Å²) < 4.78 is 10.5. The maximum Gasteiger partial charge on any atom is 0.417 e. The number of imide groups is 1. The van der Waals surface area contributed by atoms with Crippen molar-refractivity contribution in [2.24, 2.45) is 0 Å². The fraction of sp³-hybridized carbons (Fsp3) is 0.440. The number of hydrogen-bond donors (Lipinski definition) is 1. The minimum atomic E-state index is -1.19. The van der Waals surface area contributed by atoms with Crippen molar-refractivity contribution in [1.82, 2.24) is 4.90 Å². The molecule has 2 fully saturated rings. The van der Waals surface area contributed by atoms with E-state index in [2.05, 4.69) is 0 Å². The Morgan fingerprint density at radius 3 is 2.45 bits per heavy atom. The summed E-state index contributed by atoms with van der Waals surface area (Å²) >= 11 is 0. The van der Waals surface area contributed by atoms with E-state index in [1.807, 2.05) is 42.5 Å². The van der Waals surface area contributed by atoms with Gasteiger partial charge in [-0.3, -0.25) is 4.79 Å². The van der Waals surface area contributed by atoms with Gasteiger partial charge in [0.05, 0.1) is 24.7 Å². The zero-order chi connectivity index (χ0) is 21.8. The van der Waals surface area contributed by atoms with Gasteiger partial charge >= 0.3 is 6.09 Å². The lowest BCUT2D eigenvalue weighted by Crippen LogP contribution is -2.50. The first kappa shape index (κ1) is 21.4. The summed E-state index contributed by atoms with van der Waals surface area (Å²) in [4.78, 5) is 27.7. The molecule has 2 aromatic rings. The van der Waals surface area contributed by atoms with Crippen LogP contribution in [0.4, 0.5) is 4.79 Å². The molecule has 2 unspecified atom stereocenters. The van der Waals surface area contributed by atoms with E-state index in [-0.39, 0.29) is 6.61 Å². The zero-order valence-corrected chi connectivity index (χ0v) is 17.8. The van der Waals surface area contributed by atoms with Crippen LogP contribution in [0.3, 0.4) is 0 Å². The molecular formula is C25H29NO5. The summed E-state index contributed by atoms with van der Waals surface area (Å²) in [5.74, 6) is -0.547. The molecule has 2 atom stereocenters. The van der Waals surface area contributed by atoms with E-state index in [4.69, 9.17) is 9.47 Å². The van der Waals surface area contributed by atoms with Crippen LogP contribution in [-0.2, 0) is 16.0 Å². The number of carbonyl (C=O) groups is 2. The van der Waals surface area contributed by atoms with Crippen LogP contribution in [0.5, 0.6) is 5.75 Å². The Bertz CT molecular complexity index is 905. The average Bonchev–Trinajstić information content (AvgIpc) is 3.15. The minimum absolute atomic E-state index is 0.160. The molecule has 1 aliphatic heterocycles. The number of hydrogen-bond acceptors (Lipinski definition) is 5. The van der Waals surface area contributed by atoms with E-state index >= 15 is 0 Å². The monoisotopic (exact) mass is 423 g/mol. The minimum Gasteiger partial charge on any atom is -0.497 e. The van der Waals surface area contributed by atoms with Crippen molar-refractivity contribution in [1.29, 1.82) is 0 Å². The number of aliphatic hydroxyl groups is 1. The van der Waals surface area contributed by atoms with Crippen molar-refractivity contribution in [2.75, 3.05) is 13.7 Å². The first-order valence-corrected chi connectivity index (χ1v) is 10.9. The topological polar surface area (TPSA) is 76.1 Å². The number of rotatable bonds is 6. The van der Waals surface area contributed by atoms with Crippen molar-refractivity contribution in [3.63, 3.8) is 0 Å². The number of amides is 2. The van der Waals surface area contributed by atoms with Crippen LogP contribution in [0.2, 0.25) is 0 Å². The fourth-order valence-corrected chi connectivity index (χ4v) is 4.84. The largest absolute Gasteiger partial charge is 0.497 e. The van der Waals surface area contributed by atoms with Gasteiger partial charge in [0, 0.05) is 0 Å². The average molecular weight is 424 g/mol. The fourth-order valence-electron chi connectivity index (χ4n) is 4.84. The first-order valence-electron chi connectivity index (χ1n) is 10.9. The molecular weight excluding hydrogens is 394 g/mol. The number of benzene rings is 2. The van der Waals surface area contributed by atoms with Gasteiger partial charge in [-0.05, 0) is 42.5 Å².